The predicted octanol–water partition coefficient (Wildman–Crippen LogP) is 5.41. The first kappa shape index (κ1) is 16.6. The van der Waals surface area contributed by atoms with Crippen LogP contribution in [0.3, 0.4) is 0 Å². The van der Waals surface area contributed by atoms with Crippen molar-refractivity contribution in [2.45, 2.75) is 25.8 Å². The van der Waals surface area contributed by atoms with Gasteiger partial charge in [0.05, 0.1) is 5.54 Å². The minimum atomic E-state index is -0.367. The second kappa shape index (κ2) is 6.49. The van der Waals surface area contributed by atoms with E-state index in [1.165, 1.54) is 16.3 Å². The van der Waals surface area contributed by atoms with E-state index in [4.69, 9.17) is 0 Å². The second-order valence-corrected chi connectivity index (χ2v) is 7.40. The van der Waals surface area contributed by atoms with Crippen LogP contribution < -0.4 is 4.90 Å². The summed E-state index contributed by atoms with van der Waals surface area (Å²) in [6.07, 6.45) is 0.970. The number of hydrogen-bond donors (Lipinski definition) is 0. The van der Waals surface area contributed by atoms with Gasteiger partial charge in [-0.1, -0.05) is 54.6 Å². The van der Waals surface area contributed by atoms with Crippen molar-refractivity contribution in [3.05, 3.63) is 78.4 Å². The van der Waals surface area contributed by atoms with Crippen LogP contribution in [0.25, 0.3) is 10.8 Å². The number of amides is 2. The Balaban J connectivity index is 1.68. The Morgan fingerprint density at radius 3 is 2.27 bits per heavy atom. The minimum Gasteiger partial charge on any atom is -0.315 e. The molecule has 1 saturated heterocycles. The van der Waals surface area contributed by atoms with Crippen LogP contribution in [0.4, 0.5) is 10.5 Å². The number of hydrogen-bond acceptors (Lipinski definition) is 1. The van der Waals surface area contributed by atoms with Gasteiger partial charge in [-0.25, -0.2) is 4.79 Å². The number of benzene rings is 3. The van der Waals surface area contributed by atoms with E-state index in [0.29, 0.717) is 0 Å². The maximum absolute atomic E-state index is 13.3. The number of nitrogens with zero attached hydrogens (tertiary/aromatic N) is 2. The first-order valence-electron chi connectivity index (χ1n) is 9.21. The second-order valence-electron chi connectivity index (χ2n) is 7.40. The number of anilines is 1. The van der Waals surface area contributed by atoms with Gasteiger partial charge in [0.2, 0.25) is 0 Å². The van der Waals surface area contributed by atoms with Crippen LogP contribution in [-0.2, 0) is 5.54 Å². The molecular formula is C23H24N2O. The SMILES string of the molecule is CC(C)(c1ccc2ccccc2c1)N1CCCN(c2ccccc2)C1=O. The summed E-state index contributed by atoms with van der Waals surface area (Å²) >= 11 is 0. The number of para-hydroxylation sites is 1. The Bertz CT molecular complexity index is 933. The first-order chi connectivity index (χ1) is 12.6. The smallest absolute Gasteiger partial charge is 0.315 e. The maximum atomic E-state index is 13.3. The van der Waals surface area contributed by atoms with Crippen LogP contribution in [0.15, 0.2) is 72.8 Å². The van der Waals surface area contributed by atoms with E-state index in [-0.39, 0.29) is 11.6 Å². The summed E-state index contributed by atoms with van der Waals surface area (Å²) in [7, 11) is 0. The molecule has 1 aliphatic rings. The topological polar surface area (TPSA) is 23.6 Å². The Kier molecular flexibility index (Phi) is 4.15. The summed E-state index contributed by atoms with van der Waals surface area (Å²) in [4.78, 5) is 17.2. The third-order valence-electron chi connectivity index (χ3n) is 5.42. The average Bonchev–Trinajstić information content (AvgIpc) is 2.68. The standard InChI is InChI=1S/C23H24N2O/c1-23(2,20-14-13-18-9-6-7-10-19(18)17-20)25-16-8-15-24(22(25)26)21-11-4-3-5-12-21/h3-7,9-14,17H,8,15-16H2,1-2H3. The highest BCUT2D eigenvalue weighted by Gasteiger charge is 2.37. The predicted molar refractivity (Wildman–Crippen MR) is 107 cm³/mol. The molecule has 132 valence electrons. The van der Waals surface area contributed by atoms with Gasteiger partial charge >= 0.3 is 6.03 Å². The molecule has 1 heterocycles. The molecule has 0 spiro atoms. The summed E-state index contributed by atoms with van der Waals surface area (Å²) in [6.45, 7) is 5.84. The van der Waals surface area contributed by atoms with Gasteiger partial charge in [0, 0.05) is 18.8 Å². The molecule has 1 aliphatic heterocycles. The zero-order valence-electron chi connectivity index (χ0n) is 15.4. The van der Waals surface area contributed by atoms with Gasteiger partial charge in [-0.3, -0.25) is 4.90 Å². The van der Waals surface area contributed by atoms with Crippen molar-refractivity contribution in [1.82, 2.24) is 4.90 Å². The summed E-state index contributed by atoms with van der Waals surface area (Å²) in [5.74, 6) is 0. The number of rotatable bonds is 3. The van der Waals surface area contributed by atoms with Gasteiger partial charge < -0.3 is 4.90 Å². The van der Waals surface area contributed by atoms with E-state index in [9.17, 15) is 4.79 Å². The van der Waals surface area contributed by atoms with E-state index >= 15 is 0 Å². The highest BCUT2D eigenvalue weighted by atomic mass is 16.2. The van der Waals surface area contributed by atoms with Crippen molar-refractivity contribution >= 4 is 22.5 Å². The molecule has 26 heavy (non-hydrogen) atoms. The van der Waals surface area contributed by atoms with Crippen molar-refractivity contribution in [3.8, 4) is 0 Å². The lowest BCUT2D eigenvalue weighted by Crippen LogP contribution is -2.56. The normalized spacial score (nSPS) is 15.5. The molecule has 3 heteroatoms. The Morgan fingerprint density at radius 1 is 0.808 bits per heavy atom. The van der Waals surface area contributed by atoms with Gasteiger partial charge in [0.1, 0.15) is 0 Å². The lowest BCUT2D eigenvalue weighted by molar-refractivity contribution is 0.129. The highest BCUT2D eigenvalue weighted by Crippen LogP contribution is 2.33. The van der Waals surface area contributed by atoms with Crippen molar-refractivity contribution in [2.24, 2.45) is 0 Å². The molecule has 0 unspecified atom stereocenters. The number of carbonyl (C=O) groups is 1. The molecule has 2 amide bonds. The molecule has 1 fully saturated rings. The molecule has 0 N–H and O–H groups in total. The van der Waals surface area contributed by atoms with Gasteiger partial charge in [-0.05, 0) is 54.8 Å². The number of carbonyl (C=O) groups excluding carboxylic acids is 1. The lowest BCUT2D eigenvalue weighted by Gasteiger charge is -2.45. The molecule has 0 saturated carbocycles. The summed E-state index contributed by atoms with van der Waals surface area (Å²) in [5.41, 5.74) is 1.77. The molecule has 3 aromatic carbocycles. The number of urea groups is 1. The molecular weight excluding hydrogens is 320 g/mol. The summed E-state index contributed by atoms with van der Waals surface area (Å²) < 4.78 is 0. The van der Waals surface area contributed by atoms with E-state index in [1.807, 2.05) is 40.1 Å². The van der Waals surface area contributed by atoms with Crippen LogP contribution in [-0.4, -0.2) is 24.0 Å². The first-order valence-corrected chi connectivity index (χ1v) is 9.21. The van der Waals surface area contributed by atoms with Crippen molar-refractivity contribution in [2.75, 3.05) is 18.0 Å². The molecule has 3 nitrogen and oxygen atoms in total. The van der Waals surface area contributed by atoms with Crippen molar-refractivity contribution < 1.29 is 4.79 Å². The van der Waals surface area contributed by atoms with E-state index in [2.05, 4.69) is 56.3 Å². The molecule has 0 bridgehead atoms. The summed E-state index contributed by atoms with van der Waals surface area (Å²) in [6, 6.07) is 24.9. The minimum absolute atomic E-state index is 0.0839. The van der Waals surface area contributed by atoms with Gasteiger partial charge in [-0.15, -0.1) is 0 Å². The average molecular weight is 344 g/mol. The van der Waals surface area contributed by atoms with Gasteiger partial charge in [0.15, 0.2) is 0 Å². The Labute approximate surface area is 154 Å². The molecule has 0 radical (unpaired) electrons. The van der Waals surface area contributed by atoms with Crippen LogP contribution >= 0.6 is 0 Å². The van der Waals surface area contributed by atoms with E-state index in [1.54, 1.807) is 0 Å². The molecule has 4 rings (SSSR count). The molecule has 3 aromatic rings. The molecule has 0 atom stereocenters. The monoisotopic (exact) mass is 344 g/mol. The summed E-state index contributed by atoms with van der Waals surface area (Å²) in [5, 5.41) is 2.44. The fourth-order valence-electron chi connectivity index (χ4n) is 3.82. The largest absolute Gasteiger partial charge is 0.325 e. The fraction of sp³-hybridized carbons (Fsp3) is 0.261. The highest BCUT2D eigenvalue weighted by molar-refractivity contribution is 5.93. The van der Waals surface area contributed by atoms with Crippen molar-refractivity contribution in [3.63, 3.8) is 0 Å². The van der Waals surface area contributed by atoms with Gasteiger partial charge in [-0.2, -0.15) is 0 Å². The molecule has 0 aliphatic carbocycles. The third-order valence-corrected chi connectivity index (χ3v) is 5.42. The van der Waals surface area contributed by atoms with E-state index < -0.39 is 0 Å². The zero-order chi connectivity index (χ0) is 18.1. The third kappa shape index (κ3) is 2.84. The quantitative estimate of drug-likeness (QED) is 0.623. The van der Waals surface area contributed by atoms with Crippen molar-refractivity contribution in [1.29, 1.82) is 0 Å². The van der Waals surface area contributed by atoms with Crippen LogP contribution in [0.5, 0.6) is 0 Å². The van der Waals surface area contributed by atoms with Crippen LogP contribution in [0.2, 0.25) is 0 Å². The maximum Gasteiger partial charge on any atom is 0.325 e. The van der Waals surface area contributed by atoms with Crippen LogP contribution in [0, 0.1) is 0 Å². The lowest BCUT2D eigenvalue weighted by atomic mass is 9.89. The number of fused-ring (bicyclic) bond motifs is 1. The fourth-order valence-corrected chi connectivity index (χ4v) is 3.82. The van der Waals surface area contributed by atoms with E-state index in [0.717, 1.165) is 25.2 Å². The Morgan fingerprint density at radius 2 is 1.50 bits per heavy atom. The zero-order valence-corrected chi connectivity index (χ0v) is 15.4. The van der Waals surface area contributed by atoms with Gasteiger partial charge in [0.25, 0.3) is 0 Å². The molecule has 0 aromatic heterocycles. The van der Waals surface area contributed by atoms with Crippen LogP contribution in [0.1, 0.15) is 25.8 Å². The Hall–Kier alpha value is -2.81.